The minimum Gasteiger partial charge on any atom is -0.356 e. The predicted octanol–water partition coefficient (Wildman–Crippen LogP) is 1.47. The third-order valence-electron chi connectivity index (χ3n) is 6.44. The smallest absolute Gasteiger partial charge is 0.233 e. The first kappa shape index (κ1) is 21.8. The number of nitrogens with zero attached hydrogens (tertiary/aromatic N) is 3. The molecule has 7 heteroatoms. The van der Waals surface area contributed by atoms with Gasteiger partial charge < -0.3 is 15.5 Å². The van der Waals surface area contributed by atoms with E-state index in [0.29, 0.717) is 13.1 Å². The number of carbonyl (C=O) groups is 2. The van der Waals surface area contributed by atoms with Gasteiger partial charge in [0, 0.05) is 26.7 Å². The first-order valence-corrected chi connectivity index (χ1v) is 11.3. The van der Waals surface area contributed by atoms with Crippen molar-refractivity contribution in [3.05, 3.63) is 12.2 Å². The summed E-state index contributed by atoms with van der Waals surface area (Å²) in [5, 5.41) is 6.58. The Labute approximate surface area is 175 Å². The Morgan fingerprint density at radius 2 is 1.62 bits per heavy atom. The van der Waals surface area contributed by atoms with E-state index < -0.39 is 0 Å². The number of fused-ring (bicyclic) bond motifs is 5. The summed E-state index contributed by atoms with van der Waals surface area (Å²) in [5.74, 6) is 1.10. The minimum atomic E-state index is -0.107. The molecule has 2 N–H and O–H groups in total. The van der Waals surface area contributed by atoms with Crippen molar-refractivity contribution in [1.29, 1.82) is 0 Å². The Kier molecular flexibility index (Phi) is 7.70. The zero-order valence-electron chi connectivity index (χ0n) is 18.2. The average molecular weight is 404 g/mol. The molecule has 0 aromatic rings. The molecule has 2 amide bonds. The minimum absolute atomic E-state index is 0.0218. The second kappa shape index (κ2) is 10.2. The Balaban J connectivity index is 1.36. The van der Waals surface area contributed by atoms with E-state index in [1.165, 1.54) is 17.7 Å². The van der Waals surface area contributed by atoms with E-state index in [1.54, 1.807) is 7.05 Å². The zero-order chi connectivity index (χ0) is 20.8. The number of amides is 2. The monoisotopic (exact) mass is 403 g/mol. The van der Waals surface area contributed by atoms with Crippen molar-refractivity contribution in [3.8, 4) is 0 Å². The van der Waals surface area contributed by atoms with Gasteiger partial charge in [0.1, 0.15) is 0 Å². The Bertz CT molecular complexity index is 611. The number of likely N-dealkylation sites (tertiary alicyclic amines) is 1. The highest BCUT2D eigenvalue weighted by atomic mass is 16.2. The number of guanidine groups is 1. The summed E-state index contributed by atoms with van der Waals surface area (Å²) in [5.41, 5.74) is 0. The molecule has 2 fully saturated rings. The average Bonchev–Trinajstić information content (AvgIpc) is 3.39. The van der Waals surface area contributed by atoms with Gasteiger partial charge in [-0.1, -0.05) is 26.0 Å². The van der Waals surface area contributed by atoms with Crippen LogP contribution in [0, 0.1) is 23.7 Å². The van der Waals surface area contributed by atoms with Gasteiger partial charge in [0.05, 0.1) is 11.8 Å². The van der Waals surface area contributed by atoms with Gasteiger partial charge in [-0.15, -0.1) is 0 Å². The highest BCUT2D eigenvalue weighted by Gasteiger charge is 2.58. The van der Waals surface area contributed by atoms with E-state index >= 15 is 0 Å². The van der Waals surface area contributed by atoms with Crippen molar-refractivity contribution in [1.82, 2.24) is 20.4 Å². The van der Waals surface area contributed by atoms with Gasteiger partial charge in [0.15, 0.2) is 5.96 Å². The summed E-state index contributed by atoms with van der Waals surface area (Å²) in [6.07, 6.45) is 8.67. The summed E-state index contributed by atoms with van der Waals surface area (Å²) in [6.45, 7) is 9.61. The third kappa shape index (κ3) is 4.82. The van der Waals surface area contributed by atoms with Crippen molar-refractivity contribution >= 4 is 17.8 Å². The number of allylic oxidation sites excluding steroid dienone is 2. The molecule has 0 aromatic heterocycles. The van der Waals surface area contributed by atoms with Crippen LogP contribution in [0.25, 0.3) is 0 Å². The molecule has 1 saturated carbocycles. The molecule has 3 rings (SSSR count). The fraction of sp³-hybridized carbons (Fsp3) is 0.773. The molecule has 4 atom stereocenters. The maximum Gasteiger partial charge on any atom is 0.233 e. The van der Waals surface area contributed by atoms with Crippen LogP contribution in [0.5, 0.6) is 0 Å². The molecule has 2 aliphatic carbocycles. The number of nitrogens with one attached hydrogen (secondary N) is 2. The van der Waals surface area contributed by atoms with E-state index in [9.17, 15) is 9.59 Å². The number of hydrogen-bond donors (Lipinski definition) is 2. The highest BCUT2D eigenvalue weighted by molar-refractivity contribution is 6.06. The molecule has 1 saturated heterocycles. The second-order valence-corrected chi connectivity index (χ2v) is 8.45. The number of rotatable bonds is 11. The normalized spacial score (nSPS) is 28.0. The van der Waals surface area contributed by atoms with Crippen molar-refractivity contribution in [2.75, 3.05) is 46.3 Å². The molecule has 0 spiro atoms. The molecule has 1 heterocycles. The highest BCUT2D eigenvalue weighted by Crippen LogP contribution is 2.52. The molecule has 2 bridgehead atoms. The molecule has 7 nitrogen and oxygen atoms in total. The number of imide groups is 1. The van der Waals surface area contributed by atoms with Crippen LogP contribution in [0.4, 0.5) is 0 Å². The van der Waals surface area contributed by atoms with Crippen LogP contribution in [0.3, 0.4) is 0 Å². The van der Waals surface area contributed by atoms with E-state index in [0.717, 1.165) is 45.0 Å². The molecule has 4 unspecified atom stereocenters. The fourth-order valence-electron chi connectivity index (χ4n) is 5.17. The van der Waals surface area contributed by atoms with Gasteiger partial charge in [-0.2, -0.15) is 0 Å². The molecule has 1 aliphatic heterocycles. The van der Waals surface area contributed by atoms with E-state index in [2.05, 4.69) is 46.5 Å². The molecule has 0 aromatic carbocycles. The summed E-state index contributed by atoms with van der Waals surface area (Å²) >= 11 is 0. The van der Waals surface area contributed by atoms with Crippen molar-refractivity contribution in [2.24, 2.45) is 28.7 Å². The van der Waals surface area contributed by atoms with Crippen LogP contribution in [-0.4, -0.2) is 73.9 Å². The van der Waals surface area contributed by atoms with Crippen LogP contribution in [0.15, 0.2) is 17.1 Å². The van der Waals surface area contributed by atoms with Crippen LogP contribution in [-0.2, 0) is 9.59 Å². The zero-order valence-corrected chi connectivity index (χ0v) is 18.2. The Morgan fingerprint density at radius 3 is 2.17 bits per heavy atom. The third-order valence-corrected chi connectivity index (χ3v) is 6.44. The Hall–Kier alpha value is -1.89. The SMILES string of the molecule is CCCN(CCC)CCCNC(=NC)NCCN1C(=O)C2C3C=CC(C3)C2C1=O. The molecule has 3 aliphatic rings. The summed E-state index contributed by atoms with van der Waals surface area (Å²) in [6, 6.07) is 0. The second-order valence-electron chi connectivity index (χ2n) is 8.45. The molecule has 162 valence electrons. The summed E-state index contributed by atoms with van der Waals surface area (Å²) in [7, 11) is 1.75. The predicted molar refractivity (Wildman–Crippen MR) is 115 cm³/mol. The van der Waals surface area contributed by atoms with Crippen molar-refractivity contribution in [3.63, 3.8) is 0 Å². The van der Waals surface area contributed by atoms with Gasteiger partial charge in [-0.3, -0.25) is 19.5 Å². The van der Waals surface area contributed by atoms with E-state index in [1.807, 2.05) is 0 Å². The lowest BCUT2D eigenvalue weighted by Gasteiger charge is -2.21. The Morgan fingerprint density at radius 1 is 1.03 bits per heavy atom. The number of hydrogen-bond acceptors (Lipinski definition) is 4. The van der Waals surface area contributed by atoms with Crippen LogP contribution >= 0.6 is 0 Å². The van der Waals surface area contributed by atoms with Crippen molar-refractivity contribution < 1.29 is 9.59 Å². The summed E-state index contributed by atoms with van der Waals surface area (Å²) < 4.78 is 0. The van der Waals surface area contributed by atoms with Gasteiger partial charge in [-0.05, 0) is 57.2 Å². The lowest BCUT2D eigenvalue weighted by Crippen LogP contribution is -2.44. The topological polar surface area (TPSA) is 77.0 Å². The quantitative estimate of drug-likeness (QED) is 0.180. The maximum atomic E-state index is 12.7. The van der Waals surface area contributed by atoms with Crippen LogP contribution < -0.4 is 10.6 Å². The van der Waals surface area contributed by atoms with Crippen LogP contribution in [0.1, 0.15) is 39.5 Å². The standard InChI is InChI=1S/C22H37N5O2/c1-4-11-26(12-5-2)13-6-9-24-22(23-3)25-10-14-27-20(28)18-16-7-8-17(15-16)19(18)21(27)29/h7-8,16-19H,4-6,9-15H2,1-3H3,(H2,23,24,25). The maximum absolute atomic E-state index is 12.7. The van der Waals surface area contributed by atoms with E-state index in [4.69, 9.17) is 0 Å². The largest absolute Gasteiger partial charge is 0.356 e. The van der Waals surface area contributed by atoms with Gasteiger partial charge in [-0.25, -0.2) is 0 Å². The molecular weight excluding hydrogens is 366 g/mol. The van der Waals surface area contributed by atoms with E-state index in [-0.39, 0.29) is 35.5 Å². The number of carbonyl (C=O) groups excluding carboxylic acids is 2. The first-order chi connectivity index (χ1) is 14.1. The molecule has 29 heavy (non-hydrogen) atoms. The first-order valence-electron chi connectivity index (χ1n) is 11.3. The lowest BCUT2D eigenvalue weighted by atomic mass is 9.85. The fourth-order valence-corrected chi connectivity index (χ4v) is 5.17. The number of aliphatic imine (C=N–C) groups is 1. The van der Waals surface area contributed by atoms with Crippen molar-refractivity contribution in [2.45, 2.75) is 39.5 Å². The van der Waals surface area contributed by atoms with Gasteiger partial charge in [0.2, 0.25) is 11.8 Å². The summed E-state index contributed by atoms with van der Waals surface area (Å²) in [4.78, 5) is 33.6. The lowest BCUT2D eigenvalue weighted by molar-refractivity contribution is -0.140. The van der Waals surface area contributed by atoms with Crippen LogP contribution in [0.2, 0.25) is 0 Å². The van der Waals surface area contributed by atoms with Gasteiger partial charge >= 0.3 is 0 Å². The molecule has 0 radical (unpaired) electrons. The van der Waals surface area contributed by atoms with Gasteiger partial charge in [0.25, 0.3) is 0 Å². The molecular formula is C22H37N5O2.